The summed E-state index contributed by atoms with van der Waals surface area (Å²) in [7, 11) is -4.27. The molecule has 308 valence electrons. The number of phosphoric ester groups is 1. The molecular formula is C43H84NO7P. The number of allylic oxidation sites excluding steroid dienone is 4. The molecule has 8 nitrogen and oxygen atoms in total. The van der Waals surface area contributed by atoms with Crippen LogP contribution >= 0.6 is 7.82 Å². The second-order valence-electron chi connectivity index (χ2n) is 14.6. The highest BCUT2D eigenvalue weighted by atomic mass is 31.2. The van der Waals surface area contributed by atoms with E-state index in [1.165, 1.54) is 148 Å². The van der Waals surface area contributed by atoms with Gasteiger partial charge in [-0.05, 0) is 44.9 Å². The lowest BCUT2D eigenvalue weighted by molar-refractivity contribution is -0.154. The third-order valence-electron chi connectivity index (χ3n) is 9.37. The van der Waals surface area contributed by atoms with Crippen LogP contribution in [0.15, 0.2) is 24.3 Å². The van der Waals surface area contributed by atoms with Gasteiger partial charge in [-0.25, -0.2) is 4.57 Å². The Morgan fingerprint density at radius 3 is 1.52 bits per heavy atom. The highest BCUT2D eigenvalue weighted by Gasteiger charge is 2.25. The molecule has 2 atom stereocenters. The van der Waals surface area contributed by atoms with Crippen molar-refractivity contribution < 1.29 is 32.8 Å². The van der Waals surface area contributed by atoms with Gasteiger partial charge in [0.15, 0.2) is 0 Å². The number of hydrogen-bond acceptors (Lipinski definition) is 7. The van der Waals surface area contributed by atoms with Crippen LogP contribution in [-0.2, 0) is 27.9 Å². The highest BCUT2D eigenvalue weighted by Crippen LogP contribution is 2.43. The van der Waals surface area contributed by atoms with Crippen LogP contribution in [0, 0.1) is 0 Å². The summed E-state index contributed by atoms with van der Waals surface area (Å²) in [4.78, 5) is 22.5. The molecule has 0 bridgehead atoms. The van der Waals surface area contributed by atoms with E-state index in [-0.39, 0.29) is 32.3 Å². The van der Waals surface area contributed by atoms with Gasteiger partial charge in [0, 0.05) is 19.6 Å². The molecule has 0 saturated carbocycles. The Bertz CT molecular complexity index is 853. The molecule has 2 unspecified atom stereocenters. The molecule has 0 aromatic carbocycles. The predicted molar refractivity (Wildman–Crippen MR) is 220 cm³/mol. The maximum absolute atomic E-state index is 12.6. The van der Waals surface area contributed by atoms with Gasteiger partial charge in [-0.15, -0.1) is 0 Å². The molecule has 0 aliphatic heterocycles. The zero-order valence-electron chi connectivity index (χ0n) is 34.1. The monoisotopic (exact) mass is 758 g/mol. The van der Waals surface area contributed by atoms with Crippen molar-refractivity contribution in [2.24, 2.45) is 5.73 Å². The van der Waals surface area contributed by atoms with E-state index in [1.54, 1.807) is 0 Å². The fraction of sp³-hybridized carbons (Fsp3) is 0.884. The molecule has 0 heterocycles. The number of unbranched alkanes of at least 4 members (excludes halogenated alkanes) is 25. The molecule has 0 fully saturated rings. The summed E-state index contributed by atoms with van der Waals surface area (Å²) in [5, 5.41) is 0. The summed E-state index contributed by atoms with van der Waals surface area (Å²) in [6, 6.07) is 0. The van der Waals surface area contributed by atoms with Crippen LogP contribution in [0.1, 0.15) is 206 Å². The van der Waals surface area contributed by atoms with E-state index in [0.717, 1.165) is 38.5 Å². The van der Waals surface area contributed by atoms with Crippen LogP contribution in [-0.4, -0.2) is 49.9 Å². The second-order valence-corrected chi connectivity index (χ2v) is 16.0. The molecule has 0 aromatic heterocycles. The minimum atomic E-state index is -4.27. The normalized spacial score (nSPS) is 13.7. The number of carbonyl (C=O) groups excluding carboxylic acids is 1. The maximum atomic E-state index is 12.6. The number of rotatable bonds is 42. The summed E-state index contributed by atoms with van der Waals surface area (Å²) in [5.41, 5.74) is 5.37. The average molecular weight is 758 g/mol. The van der Waals surface area contributed by atoms with E-state index in [4.69, 9.17) is 24.3 Å². The third-order valence-corrected chi connectivity index (χ3v) is 10.4. The predicted octanol–water partition coefficient (Wildman–Crippen LogP) is 12.9. The van der Waals surface area contributed by atoms with E-state index in [0.29, 0.717) is 13.0 Å². The molecule has 0 rings (SSSR count). The SMILES string of the molecule is CCCCCC/C=C\C/C=C\CCCCCCCCCCOCC(COP(=O)(O)OCCN)OC(=O)CCCCCCCCCCCCCCCC. The summed E-state index contributed by atoms with van der Waals surface area (Å²) < 4.78 is 33.4. The molecule has 0 aliphatic rings. The number of hydrogen-bond donors (Lipinski definition) is 2. The molecule has 0 aromatic rings. The fourth-order valence-corrected chi connectivity index (χ4v) is 6.91. The van der Waals surface area contributed by atoms with Crippen LogP contribution in [0.25, 0.3) is 0 Å². The standard InChI is InChI=1S/C43H84NO7P/c1-3-5-7-9-11-13-15-17-19-20-21-22-23-25-27-29-31-33-35-38-48-40-42(41-50-52(46,47)49-39-37-44)51-43(45)36-34-32-30-28-26-24-18-16-14-12-10-8-6-4-2/h13,15,19-20,42H,3-12,14,16-18,21-41,44H2,1-2H3,(H,46,47)/b15-13-,20-19-. The number of phosphoric acid groups is 1. The Labute approximate surface area is 321 Å². The molecule has 3 N–H and O–H groups in total. The lowest BCUT2D eigenvalue weighted by atomic mass is 10.0. The van der Waals surface area contributed by atoms with Crippen LogP contribution in [0.4, 0.5) is 0 Å². The van der Waals surface area contributed by atoms with Gasteiger partial charge in [0.25, 0.3) is 0 Å². The average Bonchev–Trinajstić information content (AvgIpc) is 3.13. The molecule has 52 heavy (non-hydrogen) atoms. The van der Waals surface area contributed by atoms with E-state index in [1.807, 2.05) is 0 Å². The van der Waals surface area contributed by atoms with E-state index >= 15 is 0 Å². The van der Waals surface area contributed by atoms with Crippen molar-refractivity contribution in [1.29, 1.82) is 0 Å². The first-order chi connectivity index (χ1) is 25.4. The highest BCUT2D eigenvalue weighted by molar-refractivity contribution is 7.47. The van der Waals surface area contributed by atoms with Crippen molar-refractivity contribution >= 4 is 13.8 Å². The third kappa shape index (κ3) is 40.2. The maximum Gasteiger partial charge on any atom is 0.472 e. The number of carbonyl (C=O) groups is 1. The van der Waals surface area contributed by atoms with E-state index in [2.05, 4.69) is 38.2 Å². The summed E-state index contributed by atoms with van der Waals surface area (Å²) in [6.07, 6.45) is 44.7. The first-order valence-corrected chi connectivity index (χ1v) is 23.3. The second kappa shape index (κ2) is 41.1. The first kappa shape index (κ1) is 51.0. The van der Waals surface area contributed by atoms with Crippen LogP contribution in [0.3, 0.4) is 0 Å². The van der Waals surface area contributed by atoms with Crippen molar-refractivity contribution in [2.75, 3.05) is 33.0 Å². The quantitative estimate of drug-likeness (QED) is 0.0273. The van der Waals surface area contributed by atoms with Crippen LogP contribution < -0.4 is 5.73 Å². The van der Waals surface area contributed by atoms with Gasteiger partial charge >= 0.3 is 13.8 Å². The number of nitrogens with two attached hydrogens (primary N) is 1. The summed E-state index contributed by atoms with van der Waals surface area (Å²) in [5.74, 6) is -0.330. The molecule has 0 saturated heterocycles. The zero-order valence-corrected chi connectivity index (χ0v) is 35.0. The largest absolute Gasteiger partial charge is 0.472 e. The molecule has 0 radical (unpaired) electrons. The van der Waals surface area contributed by atoms with Gasteiger partial charge in [0.2, 0.25) is 0 Å². The zero-order chi connectivity index (χ0) is 38.1. The molecular weight excluding hydrogens is 673 g/mol. The van der Waals surface area contributed by atoms with Crippen molar-refractivity contribution in [3.63, 3.8) is 0 Å². The van der Waals surface area contributed by atoms with Gasteiger partial charge in [-0.3, -0.25) is 13.8 Å². The Kier molecular flexibility index (Phi) is 40.3. The molecule has 9 heteroatoms. The number of ether oxygens (including phenoxy) is 2. The van der Waals surface area contributed by atoms with Gasteiger partial charge in [-0.2, -0.15) is 0 Å². The summed E-state index contributed by atoms with van der Waals surface area (Å²) >= 11 is 0. The minimum absolute atomic E-state index is 0.0946. The van der Waals surface area contributed by atoms with E-state index < -0.39 is 13.9 Å². The van der Waals surface area contributed by atoms with Gasteiger partial charge in [-0.1, -0.05) is 179 Å². The van der Waals surface area contributed by atoms with Crippen molar-refractivity contribution in [1.82, 2.24) is 0 Å². The van der Waals surface area contributed by atoms with Crippen LogP contribution in [0.2, 0.25) is 0 Å². The minimum Gasteiger partial charge on any atom is -0.457 e. The molecule has 0 amide bonds. The topological polar surface area (TPSA) is 117 Å². The first-order valence-electron chi connectivity index (χ1n) is 21.8. The fourth-order valence-electron chi connectivity index (χ4n) is 6.14. The Hall–Kier alpha value is -1.02. The smallest absolute Gasteiger partial charge is 0.457 e. The lowest BCUT2D eigenvalue weighted by Gasteiger charge is -2.20. The van der Waals surface area contributed by atoms with E-state index in [9.17, 15) is 14.3 Å². The van der Waals surface area contributed by atoms with Crippen molar-refractivity contribution in [2.45, 2.75) is 213 Å². The Morgan fingerprint density at radius 1 is 0.577 bits per heavy atom. The molecule has 0 spiro atoms. The Balaban J connectivity index is 4.00. The van der Waals surface area contributed by atoms with Crippen molar-refractivity contribution in [3.8, 4) is 0 Å². The number of esters is 1. The molecule has 0 aliphatic carbocycles. The van der Waals surface area contributed by atoms with Crippen LogP contribution in [0.5, 0.6) is 0 Å². The Morgan fingerprint density at radius 2 is 1.02 bits per heavy atom. The van der Waals surface area contributed by atoms with Gasteiger partial charge in [0.1, 0.15) is 6.10 Å². The van der Waals surface area contributed by atoms with Gasteiger partial charge < -0.3 is 20.1 Å². The van der Waals surface area contributed by atoms with Gasteiger partial charge in [0.05, 0.1) is 19.8 Å². The summed E-state index contributed by atoms with van der Waals surface area (Å²) in [6.45, 7) is 4.92. The van der Waals surface area contributed by atoms with Crippen molar-refractivity contribution in [3.05, 3.63) is 24.3 Å². The lowest BCUT2D eigenvalue weighted by Crippen LogP contribution is -2.28.